The van der Waals surface area contributed by atoms with Crippen molar-refractivity contribution in [1.82, 2.24) is 20.3 Å². The Bertz CT molecular complexity index is 814. The first-order valence-corrected chi connectivity index (χ1v) is 10.2. The Balaban J connectivity index is 1.34. The Kier molecular flexibility index (Phi) is 5.21. The van der Waals surface area contributed by atoms with Gasteiger partial charge in [-0.05, 0) is 25.3 Å². The van der Waals surface area contributed by atoms with Gasteiger partial charge < -0.3 is 15.3 Å². The average molecular weight is 385 g/mol. The van der Waals surface area contributed by atoms with Gasteiger partial charge in [0.05, 0.1) is 31.7 Å². The first kappa shape index (κ1) is 19.1. The molecule has 28 heavy (non-hydrogen) atoms. The molecule has 2 bridgehead atoms. The molecule has 4 atom stereocenters. The van der Waals surface area contributed by atoms with Crippen LogP contribution in [0.2, 0.25) is 0 Å². The van der Waals surface area contributed by atoms with E-state index in [9.17, 15) is 9.90 Å². The molecule has 3 fully saturated rings. The predicted octanol–water partition coefficient (Wildman–Crippen LogP) is 0.115. The van der Waals surface area contributed by atoms with Crippen molar-refractivity contribution in [3.05, 3.63) is 47.8 Å². The highest BCUT2D eigenvalue weighted by Gasteiger charge is 2.46. The van der Waals surface area contributed by atoms with Crippen molar-refractivity contribution in [2.24, 2.45) is 11.8 Å². The first-order valence-electron chi connectivity index (χ1n) is 10.2. The summed E-state index contributed by atoms with van der Waals surface area (Å²) >= 11 is 0. The van der Waals surface area contributed by atoms with Gasteiger partial charge >= 0.3 is 0 Å². The quantitative estimate of drug-likeness (QED) is 0.660. The Morgan fingerprint density at radius 3 is 2.79 bits per heavy atom. The summed E-state index contributed by atoms with van der Waals surface area (Å²) in [7, 11) is 0. The molecule has 5 rings (SSSR count). The van der Waals surface area contributed by atoms with E-state index in [-0.39, 0.29) is 11.8 Å². The van der Waals surface area contributed by atoms with Gasteiger partial charge in [0.25, 0.3) is 0 Å². The van der Waals surface area contributed by atoms with E-state index < -0.39 is 5.60 Å². The summed E-state index contributed by atoms with van der Waals surface area (Å²) in [5.41, 5.74) is 0.756. The number of amides is 1. The van der Waals surface area contributed by atoms with Gasteiger partial charge in [0.1, 0.15) is 17.3 Å². The fourth-order valence-electron chi connectivity index (χ4n) is 4.63. The highest BCUT2D eigenvalue weighted by molar-refractivity contribution is 5.79. The van der Waals surface area contributed by atoms with Crippen LogP contribution in [-0.4, -0.2) is 45.1 Å². The maximum absolute atomic E-state index is 12.8. The van der Waals surface area contributed by atoms with Crippen LogP contribution in [0.1, 0.15) is 37.9 Å². The molecule has 3 aliphatic rings. The highest BCUT2D eigenvalue weighted by Crippen LogP contribution is 2.28. The lowest BCUT2D eigenvalue weighted by molar-refractivity contribution is -0.945. The number of carbonyl (C=O) groups excluding carboxylic acids is 1. The van der Waals surface area contributed by atoms with E-state index in [0.717, 1.165) is 38.0 Å². The summed E-state index contributed by atoms with van der Waals surface area (Å²) in [4.78, 5) is 14.2. The van der Waals surface area contributed by atoms with Gasteiger partial charge in [-0.3, -0.25) is 4.79 Å². The van der Waals surface area contributed by atoms with Gasteiger partial charge in [-0.15, -0.1) is 5.10 Å². The van der Waals surface area contributed by atoms with Crippen LogP contribution in [0, 0.1) is 11.8 Å². The van der Waals surface area contributed by atoms with E-state index in [0.29, 0.717) is 24.2 Å². The molecule has 7 nitrogen and oxygen atoms in total. The fraction of sp³-hybridized carbons (Fsp3) is 0.571. The molecule has 3 N–H and O–H groups in total. The van der Waals surface area contributed by atoms with Crippen LogP contribution in [0.15, 0.2) is 36.5 Å². The monoisotopic (exact) mass is 384 g/mol. The van der Waals surface area contributed by atoms with Gasteiger partial charge in [-0.1, -0.05) is 35.5 Å². The minimum Gasteiger partial charge on any atom is -0.384 e. The minimum atomic E-state index is -0.973. The Morgan fingerprint density at radius 1 is 1.36 bits per heavy atom. The number of aromatic nitrogens is 3. The number of piperidine rings is 3. The summed E-state index contributed by atoms with van der Waals surface area (Å²) in [6.07, 6.45) is 3.99. The van der Waals surface area contributed by atoms with E-state index in [1.807, 2.05) is 41.2 Å². The van der Waals surface area contributed by atoms with Gasteiger partial charge in [0.15, 0.2) is 0 Å². The molecule has 0 aliphatic carbocycles. The molecule has 0 saturated carbocycles. The Labute approximate surface area is 165 Å². The van der Waals surface area contributed by atoms with Crippen LogP contribution in [0.25, 0.3) is 0 Å². The predicted molar refractivity (Wildman–Crippen MR) is 104 cm³/mol. The number of hydrogen-bond donors (Lipinski definition) is 3. The molecule has 7 heteroatoms. The average Bonchev–Trinajstić information content (AvgIpc) is 3.16. The second-order valence-corrected chi connectivity index (χ2v) is 8.79. The van der Waals surface area contributed by atoms with Crippen LogP contribution in [0.3, 0.4) is 0 Å². The Morgan fingerprint density at radius 2 is 2.14 bits per heavy atom. The smallest absolute Gasteiger partial charge is 0.229 e. The molecule has 1 aromatic carbocycles. The third kappa shape index (κ3) is 4.10. The third-order valence-electron chi connectivity index (χ3n) is 6.27. The van der Waals surface area contributed by atoms with Crippen LogP contribution in [0.4, 0.5) is 0 Å². The summed E-state index contributed by atoms with van der Waals surface area (Å²) in [5, 5.41) is 21.5. The summed E-state index contributed by atoms with van der Waals surface area (Å²) in [5.74, 6) is 0.733. The highest BCUT2D eigenvalue weighted by atomic mass is 16.3. The van der Waals surface area contributed by atoms with Crippen molar-refractivity contribution in [2.75, 3.05) is 13.1 Å². The van der Waals surface area contributed by atoms with Crippen LogP contribution < -0.4 is 10.2 Å². The van der Waals surface area contributed by atoms with Crippen molar-refractivity contribution in [2.45, 2.75) is 51.4 Å². The van der Waals surface area contributed by atoms with Crippen molar-refractivity contribution in [3.8, 4) is 0 Å². The number of aliphatic hydroxyl groups is 1. The molecule has 1 amide bonds. The van der Waals surface area contributed by atoms with Gasteiger partial charge in [-0.25, -0.2) is 4.68 Å². The summed E-state index contributed by atoms with van der Waals surface area (Å²) < 4.78 is 1.84. The second-order valence-electron chi connectivity index (χ2n) is 8.79. The molecule has 3 aliphatic heterocycles. The lowest BCUT2D eigenvalue weighted by Crippen LogP contribution is -3.20. The second kappa shape index (κ2) is 7.64. The zero-order valence-electron chi connectivity index (χ0n) is 16.6. The molecular formula is C21H30N5O2+. The number of carbonyl (C=O) groups is 1. The number of benzene rings is 1. The van der Waals surface area contributed by atoms with Crippen LogP contribution in [0.5, 0.6) is 0 Å². The number of rotatable bonds is 6. The van der Waals surface area contributed by atoms with E-state index in [1.165, 1.54) is 4.90 Å². The molecule has 0 radical (unpaired) electrons. The van der Waals surface area contributed by atoms with Crippen molar-refractivity contribution < 1.29 is 14.8 Å². The van der Waals surface area contributed by atoms with E-state index in [4.69, 9.17) is 0 Å². The van der Waals surface area contributed by atoms with Crippen molar-refractivity contribution in [3.63, 3.8) is 0 Å². The number of quaternary nitrogens is 1. The molecule has 1 aromatic heterocycles. The van der Waals surface area contributed by atoms with E-state index in [1.54, 1.807) is 13.8 Å². The lowest BCUT2D eigenvalue weighted by Gasteiger charge is -2.46. The summed E-state index contributed by atoms with van der Waals surface area (Å²) in [6, 6.07) is 10.5. The summed E-state index contributed by atoms with van der Waals surface area (Å²) in [6.45, 7) is 6.83. The standard InChI is InChI=1S/C21H29N5O2/c1-21(2,28)19-14-26(24-23-19)12-17-10-16-8-9-25(17)13-18(16)20(27)22-11-15-6-4-3-5-7-15/h3-7,14,16-18,28H,8-13H2,1-2H3,(H,22,27)/p+1/t16-,17+,18-/m0/s1. The molecule has 0 spiro atoms. The molecule has 3 saturated heterocycles. The fourth-order valence-corrected chi connectivity index (χ4v) is 4.63. The third-order valence-corrected chi connectivity index (χ3v) is 6.27. The molecule has 150 valence electrons. The van der Waals surface area contributed by atoms with E-state index >= 15 is 0 Å². The van der Waals surface area contributed by atoms with Crippen LogP contribution >= 0.6 is 0 Å². The zero-order chi connectivity index (χ0) is 19.7. The number of nitrogens with one attached hydrogen (secondary N) is 2. The molecular weight excluding hydrogens is 354 g/mol. The van der Waals surface area contributed by atoms with Crippen molar-refractivity contribution in [1.29, 1.82) is 0 Å². The van der Waals surface area contributed by atoms with Gasteiger partial charge in [0.2, 0.25) is 5.91 Å². The van der Waals surface area contributed by atoms with E-state index in [2.05, 4.69) is 15.6 Å². The molecule has 2 aromatic rings. The van der Waals surface area contributed by atoms with Gasteiger partial charge in [-0.2, -0.15) is 0 Å². The Hall–Kier alpha value is -2.25. The topological polar surface area (TPSA) is 84.5 Å². The van der Waals surface area contributed by atoms with Crippen molar-refractivity contribution >= 4 is 5.91 Å². The zero-order valence-corrected chi connectivity index (χ0v) is 16.6. The molecule has 1 unspecified atom stereocenters. The normalized spacial score (nSPS) is 27.0. The number of fused-ring (bicyclic) bond motifs is 3. The number of nitrogens with zero attached hydrogens (tertiary/aromatic N) is 3. The maximum atomic E-state index is 12.8. The number of hydrogen-bond acceptors (Lipinski definition) is 4. The first-order chi connectivity index (χ1) is 13.4. The SMILES string of the molecule is CC(C)(O)c1cn(C[C@H]2C[C@@H]3CC[NH+]2C[C@@H]3C(=O)NCc2ccccc2)nn1. The van der Waals surface area contributed by atoms with Crippen LogP contribution in [-0.2, 0) is 23.5 Å². The lowest BCUT2D eigenvalue weighted by atomic mass is 9.75. The molecule has 4 heterocycles. The maximum Gasteiger partial charge on any atom is 0.229 e. The minimum absolute atomic E-state index is 0.103. The van der Waals surface area contributed by atoms with Gasteiger partial charge in [0, 0.05) is 19.4 Å². The largest absolute Gasteiger partial charge is 0.384 e.